The van der Waals surface area contributed by atoms with Crippen molar-refractivity contribution in [3.8, 4) is 0 Å². The molecule has 2 aliphatic heterocycles. The standard InChI is InChI=1S/C31H42O14/c1-12-9-22(39-16(5)33)25-14(3)30(37)45-27(25)24-13(2)21(10-20(12)24)43-31-29(42-19(8)36)28(41-18(7)35)26(40-17(6)34)23(44-31)11-38-15(4)32/h13-14,20-29,31H,1,9-11H2,2-8H3/t13-,14+,20+,21+,22+,23-,24+,25-,26-,27-,28+,29-,31-/m1/s1. The van der Waals surface area contributed by atoms with E-state index in [1.165, 1.54) is 13.8 Å². The van der Waals surface area contributed by atoms with Crippen molar-refractivity contribution in [1.29, 1.82) is 0 Å². The second kappa shape index (κ2) is 13.9. The van der Waals surface area contributed by atoms with Gasteiger partial charge in [0.1, 0.15) is 24.9 Å². The van der Waals surface area contributed by atoms with Crippen molar-refractivity contribution in [3.63, 3.8) is 0 Å². The molecular weight excluding hydrogens is 596 g/mol. The summed E-state index contributed by atoms with van der Waals surface area (Å²) < 4.78 is 45.9. The Morgan fingerprint density at radius 1 is 0.778 bits per heavy atom. The van der Waals surface area contributed by atoms with E-state index in [1.807, 2.05) is 6.92 Å². The van der Waals surface area contributed by atoms with Gasteiger partial charge in [-0.1, -0.05) is 26.0 Å². The van der Waals surface area contributed by atoms with Crippen molar-refractivity contribution in [2.24, 2.45) is 29.6 Å². The minimum atomic E-state index is -1.37. The van der Waals surface area contributed by atoms with E-state index in [9.17, 15) is 28.8 Å². The van der Waals surface area contributed by atoms with Gasteiger partial charge in [0, 0.05) is 52.9 Å². The van der Waals surface area contributed by atoms with Crippen LogP contribution in [0.2, 0.25) is 0 Å². The number of carbonyl (C=O) groups excluding carboxylic acids is 6. The fraction of sp³-hybridized carbons (Fsp3) is 0.742. The van der Waals surface area contributed by atoms with Gasteiger partial charge in [-0.2, -0.15) is 0 Å². The molecule has 0 amide bonds. The Morgan fingerprint density at radius 2 is 1.36 bits per heavy atom. The second-order valence-corrected chi connectivity index (χ2v) is 12.3. The number of esters is 6. The van der Waals surface area contributed by atoms with Crippen LogP contribution >= 0.6 is 0 Å². The second-order valence-electron chi connectivity index (χ2n) is 12.3. The van der Waals surface area contributed by atoms with Crippen molar-refractivity contribution in [2.45, 2.75) is 110 Å². The average Bonchev–Trinajstić information content (AvgIpc) is 3.35. The van der Waals surface area contributed by atoms with Crippen molar-refractivity contribution in [2.75, 3.05) is 6.61 Å². The molecule has 13 atom stereocenters. The molecule has 14 heteroatoms. The van der Waals surface area contributed by atoms with Crippen molar-refractivity contribution >= 4 is 35.8 Å². The van der Waals surface area contributed by atoms with Gasteiger partial charge in [-0.15, -0.1) is 0 Å². The average molecular weight is 639 g/mol. The highest BCUT2D eigenvalue weighted by Gasteiger charge is 2.60. The largest absolute Gasteiger partial charge is 0.463 e. The summed E-state index contributed by atoms with van der Waals surface area (Å²) in [4.78, 5) is 72.9. The van der Waals surface area contributed by atoms with Crippen LogP contribution in [0.25, 0.3) is 0 Å². The van der Waals surface area contributed by atoms with Crippen LogP contribution in [0.1, 0.15) is 61.3 Å². The van der Waals surface area contributed by atoms with Gasteiger partial charge < -0.3 is 37.9 Å². The van der Waals surface area contributed by atoms with E-state index in [4.69, 9.17) is 37.9 Å². The van der Waals surface area contributed by atoms with Crippen molar-refractivity contribution < 1.29 is 66.7 Å². The topological polar surface area (TPSA) is 176 Å². The molecule has 45 heavy (non-hydrogen) atoms. The van der Waals surface area contributed by atoms with Gasteiger partial charge in [0.2, 0.25) is 0 Å². The van der Waals surface area contributed by atoms with Crippen LogP contribution in [-0.4, -0.2) is 91.4 Å². The Hall–Kier alpha value is -3.52. The van der Waals surface area contributed by atoms with Gasteiger partial charge in [0.15, 0.2) is 24.6 Å². The number of ether oxygens (including phenoxy) is 8. The van der Waals surface area contributed by atoms with Gasteiger partial charge in [-0.05, 0) is 18.3 Å². The first kappa shape index (κ1) is 34.4. The SMILES string of the molecule is C=C1C[C@H](OC(C)=O)[C@@H]2[C@H](OC(=O)[C@H]2C)[C@H]2[C@H](C)[C@@H](O[C@@H]3O[C@H](COC(C)=O)[C@@H](OC(C)=O)[C@H](OC(C)=O)[C@H]3OC(C)=O)C[C@@H]12. The van der Waals surface area contributed by atoms with Gasteiger partial charge >= 0.3 is 35.8 Å². The van der Waals surface area contributed by atoms with E-state index in [2.05, 4.69) is 6.58 Å². The Kier molecular flexibility index (Phi) is 10.6. The minimum absolute atomic E-state index is 0.179. The van der Waals surface area contributed by atoms with Crippen molar-refractivity contribution in [1.82, 2.24) is 0 Å². The first-order valence-corrected chi connectivity index (χ1v) is 15.1. The van der Waals surface area contributed by atoms with Crippen LogP contribution in [0.3, 0.4) is 0 Å². The lowest BCUT2D eigenvalue weighted by Gasteiger charge is -2.45. The third-order valence-corrected chi connectivity index (χ3v) is 9.10. The zero-order valence-electron chi connectivity index (χ0n) is 26.5. The zero-order valence-corrected chi connectivity index (χ0v) is 26.5. The molecule has 4 fully saturated rings. The summed E-state index contributed by atoms with van der Waals surface area (Å²) in [6.07, 6.45) is -7.46. The fourth-order valence-electron chi connectivity index (χ4n) is 7.36. The molecule has 4 aliphatic rings. The zero-order chi connectivity index (χ0) is 33.3. The van der Waals surface area contributed by atoms with Crippen LogP contribution in [0.4, 0.5) is 0 Å². The quantitative estimate of drug-likeness (QED) is 0.214. The van der Waals surface area contributed by atoms with Crippen LogP contribution in [0.5, 0.6) is 0 Å². The molecule has 250 valence electrons. The van der Waals surface area contributed by atoms with Gasteiger partial charge in [0.25, 0.3) is 0 Å². The summed E-state index contributed by atoms with van der Waals surface area (Å²) >= 11 is 0. The number of hydrogen-bond acceptors (Lipinski definition) is 14. The number of fused-ring (bicyclic) bond motifs is 3. The third kappa shape index (κ3) is 7.49. The molecule has 0 N–H and O–H groups in total. The molecule has 2 saturated carbocycles. The van der Waals surface area contributed by atoms with Crippen molar-refractivity contribution in [3.05, 3.63) is 12.2 Å². The highest BCUT2D eigenvalue weighted by molar-refractivity contribution is 5.75. The summed E-state index contributed by atoms with van der Waals surface area (Å²) in [6, 6.07) is 0. The molecule has 0 radical (unpaired) electrons. The van der Waals surface area contributed by atoms with E-state index >= 15 is 0 Å². The lowest BCUT2D eigenvalue weighted by molar-refractivity contribution is -0.319. The monoisotopic (exact) mass is 638 g/mol. The predicted molar refractivity (Wildman–Crippen MR) is 149 cm³/mol. The molecule has 0 aromatic carbocycles. The highest BCUT2D eigenvalue weighted by atomic mass is 16.7. The van der Waals surface area contributed by atoms with E-state index in [0.29, 0.717) is 12.8 Å². The predicted octanol–water partition coefficient (Wildman–Crippen LogP) is 1.80. The highest BCUT2D eigenvalue weighted by Crippen LogP contribution is 2.54. The van der Waals surface area contributed by atoms with Crippen LogP contribution in [0.15, 0.2) is 12.2 Å². The van der Waals surface area contributed by atoms with E-state index in [-0.39, 0.29) is 36.2 Å². The summed E-state index contributed by atoms with van der Waals surface area (Å²) in [5.74, 6) is -5.26. The summed E-state index contributed by atoms with van der Waals surface area (Å²) in [6.45, 7) is 13.6. The first-order valence-electron chi connectivity index (χ1n) is 15.1. The van der Waals surface area contributed by atoms with E-state index < -0.39 is 84.8 Å². The van der Waals surface area contributed by atoms with Crippen LogP contribution in [0, 0.1) is 29.6 Å². The lowest BCUT2D eigenvalue weighted by Crippen LogP contribution is -2.63. The molecule has 0 aromatic heterocycles. The first-order chi connectivity index (χ1) is 21.1. The maximum Gasteiger partial charge on any atom is 0.309 e. The van der Waals surface area contributed by atoms with Gasteiger partial charge in [0.05, 0.1) is 12.0 Å². The third-order valence-electron chi connectivity index (χ3n) is 9.10. The Bertz CT molecular complexity index is 1210. The smallest absolute Gasteiger partial charge is 0.309 e. The Morgan fingerprint density at radius 3 is 1.93 bits per heavy atom. The number of rotatable bonds is 8. The normalized spacial score (nSPS) is 39.0. The van der Waals surface area contributed by atoms with Gasteiger partial charge in [-0.25, -0.2) is 0 Å². The maximum absolute atomic E-state index is 12.8. The molecule has 2 heterocycles. The van der Waals surface area contributed by atoms with Gasteiger partial charge in [-0.3, -0.25) is 28.8 Å². The lowest BCUT2D eigenvalue weighted by atomic mass is 9.77. The molecule has 0 unspecified atom stereocenters. The molecule has 2 aliphatic carbocycles. The number of hydrogen-bond donors (Lipinski definition) is 0. The molecule has 14 nitrogen and oxygen atoms in total. The molecule has 2 saturated heterocycles. The maximum atomic E-state index is 12.8. The summed E-state index contributed by atoms with van der Waals surface area (Å²) in [5.41, 5.74) is 0.823. The molecule has 0 aromatic rings. The molecule has 0 spiro atoms. The Balaban J connectivity index is 1.66. The molecule has 0 bridgehead atoms. The molecule has 4 rings (SSSR count). The van der Waals surface area contributed by atoms with E-state index in [1.54, 1.807) is 6.92 Å². The number of carbonyl (C=O) groups is 6. The Labute approximate surface area is 261 Å². The van der Waals surface area contributed by atoms with Crippen LogP contribution in [-0.2, 0) is 66.7 Å². The summed E-state index contributed by atoms with van der Waals surface area (Å²) in [5, 5.41) is 0. The minimum Gasteiger partial charge on any atom is -0.463 e. The summed E-state index contributed by atoms with van der Waals surface area (Å²) in [7, 11) is 0. The van der Waals surface area contributed by atoms with E-state index in [0.717, 1.165) is 26.3 Å². The molecular formula is C31H42O14. The van der Waals surface area contributed by atoms with Crippen LogP contribution < -0.4 is 0 Å². The fourth-order valence-corrected chi connectivity index (χ4v) is 7.36.